The van der Waals surface area contributed by atoms with Gasteiger partial charge in [0, 0.05) is 34.0 Å². The molecule has 1 fully saturated rings. The van der Waals surface area contributed by atoms with E-state index < -0.39 is 68.7 Å². The molecule has 0 spiro atoms. The summed E-state index contributed by atoms with van der Waals surface area (Å²) in [5.41, 5.74) is -4.50. The van der Waals surface area contributed by atoms with Crippen molar-refractivity contribution in [2.75, 3.05) is 6.61 Å². The molecule has 0 heterocycles. The predicted molar refractivity (Wildman–Crippen MR) is 156 cm³/mol. The van der Waals surface area contributed by atoms with Gasteiger partial charge in [-0.2, -0.15) is 0 Å². The van der Waals surface area contributed by atoms with E-state index in [0.717, 1.165) is 18.6 Å². The number of phenolic OH excluding ortho intramolecular Hbond substituents is 1. The van der Waals surface area contributed by atoms with Crippen LogP contribution in [0.15, 0.2) is 29.0 Å². The Bertz CT molecular complexity index is 1510. The van der Waals surface area contributed by atoms with E-state index in [1.807, 2.05) is 13.8 Å². The summed E-state index contributed by atoms with van der Waals surface area (Å²) in [6.07, 6.45) is 2.73. The molecule has 3 aliphatic rings. The van der Waals surface area contributed by atoms with Crippen LogP contribution in [0.1, 0.15) is 90.0 Å². The van der Waals surface area contributed by atoms with E-state index in [2.05, 4.69) is 0 Å². The second-order valence-corrected chi connectivity index (χ2v) is 13.0. The Balaban J connectivity index is 2.05. The topological polar surface area (TPSA) is 158 Å². The third-order valence-corrected chi connectivity index (χ3v) is 9.38. The molecular weight excluding hydrogens is 540 g/mol. The van der Waals surface area contributed by atoms with Crippen molar-refractivity contribution in [3.8, 4) is 5.75 Å². The normalized spacial score (nSPS) is 29.3. The van der Waals surface area contributed by atoms with Gasteiger partial charge in [-0.3, -0.25) is 14.4 Å². The molecule has 0 saturated heterocycles. The number of carbonyl (C=O) groups is 4. The molecule has 4 rings (SSSR count). The first kappa shape index (κ1) is 31.2. The summed E-state index contributed by atoms with van der Waals surface area (Å²) in [6.45, 7) is 13.7. The zero-order chi connectivity index (χ0) is 31.7. The van der Waals surface area contributed by atoms with E-state index in [4.69, 9.17) is 4.74 Å². The minimum atomic E-state index is -2.67. The number of Topliss-reactive ketones (excluding diaryl/α,β-unsaturated/α-hetero) is 3. The van der Waals surface area contributed by atoms with Gasteiger partial charge in [0.05, 0.1) is 12.2 Å². The molecule has 9 heteroatoms. The Morgan fingerprint density at radius 3 is 2.26 bits per heavy atom. The predicted octanol–water partition coefficient (Wildman–Crippen LogP) is 4.89. The number of carbonyl (C=O) groups excluding carboxylic acids is 4. The molecule has 4 atom stereocenters. The lowest BCUT2D eigenvalue weighted by molar-refractivity contribution is -0.178. The van der Waals surface area contributed by atoms with E-state index in [0.29, 0.717) is 5.56 Å². The summed E-state index contributed by atoms with van der Waals surface area (Å²) < 4.78 is 4.94. The second-order valence-electron chi connectivity index (χ2n) is 13.0. The SMILES string of the molecule is CCOC(=O)/C=C/c1cc(C(C)C)c2c(c1O)C(O)=C1C(=O)[C@@]3(O)C(O)=C(C(C)=O)C(=O)C(C(C)C)[C@@]3(C)C[C@@]1(C)C2. The average molecular weight is 581 g/mol. The second kappa shape index (κ2) is 10.2. The van der Waals surface area contributed by atoms with Gasteiger partial charge in [-0.05, 0) is 61.8 Å². The number of benzene rings is 1. The Kier molecular flexibility index (Phi) is 7.60. The summed E-state index contributed by atoms with van der Waals surface area (Å²) >= 11 is 0. The van der Waals surface area contributed by atoms with E-state index in [-0.39, 0.29) is 47.8 Å². The maximum atomic E-state index is 14.5. The van der Waals surface area contributed by atoms with Crippen LogP contribution in [-0.2, 0) is 30.3 Å². The third-order valence-electron chi connectivity index (χ3n) is 9.38. The molecule has 0 amide bonds. The molecule has 42 heavy (non-hydrogen) atoms. The van der Waals surface area contributed by atoms with E-state index in [9.17, 15) is 39.6 Å². The minimum absolute atomic E-state index is 0.000271. The highest BCUT2D eigenvalue weighted by Crippen LogP contribution is 2.65. The Morgan fingerprint density at radius 1 is 1.12 bits per heavy atom. The summed E-state index contributed by atoms with van der Waals surface area (Å²) in [4.78, 5) is 52.6. The molecule has 1 unspecified atom stereocenters. The number of ketones is 3. The van der Waals surface area contributed by atoms with Crippen LogP contribution in [0, 0.1) is 22.7 Å². The number of aromatic hydroxyl groups is 1. The van der Waals surface area contributed by atoms with Crippen molar-refractivity contribution < 1.29 is 44.3 Å². The molecule has 0 aliphatic heterocycles. The van der Waals surface area contributed by atoms with Crippen LogP contribution in [0.2, 0.25) is 0 Å². The van der Waals surface area contributed by atoms with Gasteiger partial charge >= 0.3 is 5.97 Å². The summed E-state index contributed by atoms with van der Waals surface area (Å²) in [6, 6.07) is 1.73. The Hall–Kier alpha value is -3.72. The first-order valence-corrected chi connectivity index (χ1v) is 14.3. The maximum Gasteiger partial charge on any atom is 0.330 e. The molecule has 9 nitrogen and oxygen atoms in total. The van der Waals surface area contributed by atoms with Crippen molar-refractivity contribution >= 4 is 35.2 Å². The van der Waals surface area contributed by atoms with Crippen molar-refractivity contribution in [3.05, 3.63) is 51.3 Å². The number of allylic oxidation sites excluding steroid dienone is 1. The quantitative estimate of drug-likeness (QED) is 0.209. The molecule has 4 N–H and O–H groups in total. The molecule has 1 aromatic rings. The van der Waals surface area contributed by atoms with E-state index in [1.165, 1.54) is 6.08 Å². The lowest BCUT2D eigenvalue weighted by Crippen LogP contribution is -2.69. The lowest BCUT2D eigenvalue weighted by atomic mass is 9.43. The molecule has 0 aromatic heterocycles. The highest BCUT2D eigenvalue weighted by Gasteiger charge is 2.72. The lowest BCUT2D eigenvalue weighted by Gasteiger charge is -2.59. The number of hydrogen-bond donors (Lipinski definition) is 4. The Labute approximate surface area is 245 Å². The molecule has 226 valence electrons. The summed E-state index contributed by atoms with van der Waals surface area (Å²) in [5.74, 6) is -6.40. The first-order valence-electron chi connectivity index (χ1n) is 14.3. The first-order chi connectivity index (χ1) is 19.4. The van der Waals surface area contributed by atoms with Crippen LogP contribution in [0.5, 0.6) is 5.75 Å². The van der Waals surface area contributed by atoms with Crippen LogP contribution in [0.3, 0.4) is 0 Å². The third kappa shape index (κ3) is 4.15. The van der Waals surface area contributed by atoms with Crippen molar-refractivity contribution in [1.82, 2.24) is 0 Å². The number of hydrogen-bond acceptors (Lipinski definition) is 9. The monoisotopic (exact) mass is 580 g/mol. The summed E-state index contributed by atoms with van der Waals surface area (Å²) in [7, 11) is 0. The standard InChI is InChI=1S/C33H40O9/c1-9-42-21(35)11-10-18-12-19(15(2)3)20-13-31(7)14-32(8)24(16(4)5)27(37)22(17(6)34)29(39)33(32,41)30(40)25(31)28(38)23(20)26(18)36/h10-12,15-16,24,36,38-39,41H,9,13-14H2,1-8H3/b11-10+/t24?,31-,32-,33+/m1/s1. The Morgan fingerprint density at radius 2 is 1.74 bits per heavy atom. The number of fused-ring (bicyclic) bond motifs is 3. The van der Waals surface area contributed by atoms with Gasteiger partial charge in [0.25, 0.3) is 0 Å². The average Bonchev–Trinajstić information content (AvgIpc) is 2.85. The van der Waals surface area contributed by atoms with Gasteiger partial charge in [0.1, 0.15) is 22.8 Å². The number of ether oxygens (including phenoxy) is 1. The van der Waals surface area contributed by atoms with Crippen molar-refractivity contribution in [2.24, 2.45) is 22.7 Å². The minimum Gasteiger partial charge on any atom is -0.508 e. The molecular formula is C33H40O9. The molecule has 1 saturated carbocycles. The zero-order valence-corrected chi connectivity index (χ0v) is 25.4. The van der Waals surface area contributed by atoms with Crippen LogP contribution in [-0.4, -0.2) is 56.0 Å². The molecule has 1 aromatic carbocycles. The zero-order valence-electron chi connectivity index (χ0n) is 25.4. The fourth-order valence-corrected chi connectivity index (χ4v) is 7.83. The summed E-state index contributed by atoms with van der Waals surface area (Å²) in [5, 5.41) is 46.6. The maximum absolute atomic E-state index is 14.5. The number of rotatable bonds is 6. The van der Waals surface area contributed by atoms with Crippen molar-refractivity contribution in [1.29, 1.82) is 0 Å². The van der Waals surface area contributed by atoms with Crippen LogP contribution < -0.4 is 0 Å². The number of aliphatic hydroxyl groups excluding tert-OH is 2. The van der Waals surface area contributed by atoms with Gasteiger partial charge in [-0.1, -0.05) is 41.5 Å². The highest BCUT2D eigenvalue weighted by molar-refractivity contribution is 6.24. The van der Waals surface area contributed by atoms with Gasteiger partial charge in [-0.15, -0.1) is 0 Å². The fraction of sp³-hybridized carbons (Fsp3) is 0.515. The van der Waals surface area contributed by atoms with Crippen LogP contribution >= 0.6 is 0 Å². The van der Waals surface area contributed by atoms with Gasteiger partial charge in [0.15, 0.2) is 17.2 Å². The van der Waals surface area contributed by atoms with Crippen molar-refractivity contribution in [3.63, 3.8) is 0 Å². The molecule has 0 bridgehead atoms. The van der Waals surface area contributed by atoms with E-state index in [1.54, 1.807) is 40.7 Å². The highest BCUT2D eigenvalue weighted by atomic mass is 16.5. The van der Waals surface area contributed by atoms with Gasteiger partial charge < -0.3 is 25.2 Å². The fourth-order valence-electron chi connectivity index (χ4n) is 7.83. The van der Waals surface area contributed by atoms with Gasteiger partial charge in [0.2, 0.25) is 5.78 Å². The smallest absolute Gasteiger partial charge is 0.330 e. The van der Waals surface area contributed by atoms with Crippen LogP contribution in [0.4, 0.5) is 0 Å². The largest absolute Gasteiger partial charge is 0.508 e. The van der Waals surface area contributed by atoms with Crippen molar-refractivity contribution in [2.45, 2.75) is 79.8 Å². The number of esters is 1. The number of aliphatic hydroxyl groups is 3. The molecule has 3 aliphatic carbocycles. The number of phenols is 1. The van der Waals surface area contributed by atoms with Crippen LogP contribution in [0.25, 0.3) is 11.8 Å². The van der Waals surface area contributed by atoms with Gasteiger partial charge in [-0.25, -0.2) is 4.79 Å². The van der Waals surface area contributed by atoms with E-state index >= 15 is 0 Å². The molecule has 0 radical (unpaired) electrons.